The van der Waals surface area contributed by atoms with Gasteiger partial charge in [-0.1, -0.05) is 36.8 Å². The Balaban J connectivity index is 2.04. The smallest absolute Gasteiger partial charge is 0.264 e. The summed E-state index contributed by atoms with van der Waals surface area (Å²) < 4.78 is 48.2. The molecule has 0 aliphatic heterocycles. The third kappa shape index (κ3) is 8.07. The number of carbonyl (C=O) groups excluding carboxylic acids is 2. The molecule has 0 aromatic heterocycles. The van der Waals surface area contributed by atoms with E-state index in [9.17, 15) is 22.4 Å². The van der Waals surface area contributed by atoms with Crippen LogP contribution in [0.2, 0.25) is 0 Å². The third-order valence-corrected chi connectivity index (χ3v) is 9.14. The van der Waals surface area contributed by atoms with Crippen LogP contribution in [-0.4, -0.2) is 50.9 Å². The van der Waals surface area contributed by atoms with Crippen molar-refractivity contribution in [3.63, 3.8) is 0 Å². The van der Waals surface area contributed by atoms with Gasteiger partial charge in [0.2, 0.25) is 11.8 Å². The first-order valence-corrected chi connectivity index (χ1v) is 15.4. The zero-order valence-corrected chi connectivity index (χ0v) is 26.1. The van der Waals surface area contributed by atoms with Gasteiger partial charge in [-0.05, 0) is 91.1 Å². The van der Waals surface area contributed by atoms with Crippen molar-refractivity contribution in [3.8, 4) is 5.75 Å². The Morgan fingerprint density at radius 3 is 2.22 bits per heavy atom. The first-order chi connectivity index (χ1) is 19.4. The van der Waals surface area contributed by atoms with Crippen molar-refractivity contribution in [2.75, 3.05) is 18.0 Å². The molecule has 2 unspecified atom stereocenters. The Morgan fingerprint density at radius 2 is 1.66 bits per heavy atom. The first-order valence-electron chi connectivity index (χ1n) is 13.1. The highest BCUT2D eigenvalue weighted by atomic mass is 79.9. The number of benzene rings is 3. The van der Waals surface area contributed by atoms with E-state index in [1.807, 2.05) is 20.8 Å². The molecule has 3 rings (SSSR count). The largest absolute Gasteiger partial charge is 0.496 e. The highest BCUT2D eigenvalue weighted by Crippen LogP contribution is 2.31. The minimum absolute atomic E-state index is 0.0237. The number of methoxy groups -OCH3 is 1. The van der Waals surface area contributed by atoms with Gasteiger partial charge in [0, 0.05) is 12.6 Å². The van der Waals surface area contributed by atoms with Gasteiger partial charge in [0.15, 0.2) is 0 Å². The summed E-state index contributed by atoms with van der Waals surface area (Å²) in [5, 5.41) is 2.88. The molecule has 2 amide bonds. The number of anilines is 1. The van der Waals surface area contributed by atoms with E-state index < -0.39 is 34.3 Å². The van der Waals surface area contributed by atoms with Gasteiger partial charge in [0.25, 0.3) is 10.0 Å². The van der Waals surface area contributed by atoms with Crippen molar-refractivity contribution < 1.29 is 27.1 Å². The summed E-state index contributed by atoms with van der Waals surface area (Å²) in [4.78, 5) is 28.3. The third-order valence-electron chi connectivity index (χ3n) is 6.75. The van der Waals surface area contributed by atoms with Crippen LogP contribution in [0.5, 0.6) is 5.75 Å². The van der Waals surface area contributed by atoms with Crippen molar-refractivity contribution >= 4 is 43.5 Å². The lowest BCUT2D eigenvalue weighted by Gasteiger charge is -2.32. The normalized spacial score (nSPS) is 12.8. The second-order valence-corrected chi connectivity index (χ2v) is 12.5. The number of aryl methyl sites for hydroxylation is 1. The molecule has 0 bridgehead atoms. The Kier molecular flexibility index (Phi) is 10.9. The Labute approximate surface area is 249 Å². The van der Waals surface area contributed by atoms with Crippen LogP contribution in [0.25, 0.3) is 0 Å². The molecule has 3 aromatic carbocycles. The number of hydrogen-bond acceptors (Lipinski definition) is 5. The SMILES string of the molecule is CCC(C)NC(=O)C(C)N(Cc1ccc(F)cc1)C(=O)CN(c1ccc(C)cc1)S(=O)(=O)c1ccc(OC)c(Br)c1. The first kappa shape index (κ1) is 32.1. The molecule has 0 saturated heterocycles. The summed E-state index contributed by atoms with van der Waals surface area (Å²) in [6.45, 7) is 6.65. The van der Waals surface area contributed by atoms with E-state index in [2.05, 4.69) is 21.2 Å². The lowest BCUT2D eigenvalue weighted by Crippen LogP contribution is -2.52. The van der Waals surface area contributed by atoms with E-state index in [1.54, 1.807) is 31.2 Å². The van der Waals surface area contributed by atoms with Gasteiger partial charge < -0.3 is 15.0 Å². The molecular weight excluding hydrogens is 613 g/mol. The van der Waals surface area contributed by atoms with E-state index in [0.29, 0.717) is 22.2 Å². The number of carbonyl (C=O) groups is 2. The molecule has 3 aromatic rings. The van der Waals surface area contributed by atoms with Crippen LogP contribution in [0.15, 0.2) is 76.1 Å². The lowest BCUT2D eigenvalue weighted by molar-refractivity contribution is -0.139. The van der Waals surface area contributed by atoms with Crippen LogP contribution in [-0.2, 0) is 26.2 Å². The van der Waals surface area contributed by atoms with Gasteiger partial charge in [-0.25, -0.2) is 12.8 Å². The monoisotopic (exact) mass is 647 g/mol. The van der Waals surface area contributed by atoms with Crippen molar-refractivity contribution in [1.82, 2.24) is 10.2 Å². The summed E-state index contributed by atoms with van der Waals surface area (Å²) >= 11 is 3.34. The van der Waals surface area contributed by atoms with Gasteiger partial charge in [0.1, 0.15) is 24.2 Å². The van der Waals surface area contributed by atoms with Crippen molar-refractivity contribution in [2.45, 2.75) is 57.6 Å². The van der Waals surface area contributed by atoms with Gasteiger partial charge in [0.05, 0.1) is 22.2 Å². The quantitative estimate of drug-likeness (QED) is 0.283. The number of amides is 2. The molecule has 0 fully saturated rings. The Bertz CT molecular complexity index is 1470. The summed E-state index contributed by atoms with van der Waals surface area (Å²) in [7, 11) is -2.77. The molecule has 0 aliphatic carbocycles. The molecule has 0 aliphatic rings. The van der Waals surface area contributed by atoms with Gasteiger partial charge in [-0.3, -0.25) is 13.9 Å². The summed E-state index contributed by atoms with van der Waals surface area (Å²) in [6, 6.07) is 15.6. The van der Waals surface area contributed by atoms with E-state index in [1.165, 1.54) is 54.5 Å². The average molecular weight is 649 g/mol. The maximum Gasteiger partial charge on any atom is 0.264 e. The van der Waals surface area contributed by atoms with E-state index in [4.69, 9.17) is 4.74 Å². The highest BCUT2D eigenvalue weighted by Gasteiger charge is 2.33. The second kappa shape index (κ2) is 14.0. The number of sulfonamides is 1. The van der Waals surface area contributed by atoms with Gasteiger partial charge in [-0.2, -0.15) is 0 Å². The number of nitrogens with one attached hydrogen (secondary N) is 1. The number of halogens is 2. The average Bonchev–Trinajstić information content (AvgIpc) is 2.95. The molecule has 0 heterocycles. The summed E-state index contributed by atoms with van der Waals surface area (Å²) in [5.41, 5.74) is 1.79. The number of ether oxygens (including phenoxy) is 1. The second-order valence-electron chi connectivity index (χ2n) is 9.79. The Morgan fingerprint density at radius 1 is 1.02 bits per heavy atom. The van der Waals surface area contributed by atoms with E-state index in [-0.39, 0.29) is 29.1 Å². The fraction of sp³-hybridized carbons (Fsp3) is 0.333. The topological polar surface area (TPSA) is 96.0 Å². The molecule has 0 radical (unpaired) electrons. The van der Waals surface area contributed by atoms with Crippen LogP contribution in [0.4, 0.5) is 10.1 Å². The minimum atomic E-state index is -4.24. The number of rotatable bonds is 12. The van der Waals surface area contributed by atoms with Crippen LogP contribution < -0.4 is 14.4 Å². The molecule has 41 heavy (non-hydrogen) atoms. The zero-order chi connectivity index (χ0) is 30.3. The summed E-state index contributed by atoms with van der Waals surface area (Å²) in [6.07, 6.45) is 0.696. The maximum absolute atomic E-state index is 14.0. The minimum Gasteiger partial charge on any atom is -0.496 e. The zero-order valence-electron chi connectivity index (χ0n) is 23.7. The van der Waals surface area contributed by atoms with Crippen molar-refractivity contribution in [2.24, 2.45) is 0 Å². The van der Waals surface area contributed by atoms with Crippen molar-refractivity contribution in [3.05, 3.63) is 88.1 Å². The number of nitrogens with zero attached hydrogens (tertiary/aromatic N) is 2. The van der Waals surface area contributed by atoms with Crippen LogP contribution in [0.1, 0.15) is 38.3 Å². The molecule has 0 saturated carbocycles. The van der Waals surface area contributed by atoms with Gasteiger partial charge >= 0.3 is 0 Å². The van der Waals surface area contributed by atoms with E-state index in [0.717, 1.165) is 9.87 Å². The number of hydrogen-bond donors (Lipinski definition) is 1. The van der Waals surface area contributed by atoms with Gasteiger partial charge in [-0.15, -0.1) is 0 Å². The highest BCUT2D eigenvalue weighted by molar-refractivity contribution is 9.10. The molecule has 220 valence electrons. The molecule has 2 atom stereocenters. The molecule has 11 heteroatoms. The molecular formula is C30H35BrFN3O5S. The lowest BCUT2D eigenvalue weighted by atomic mass is 10.1. The maximum atomic E-state index is 14.0. The standard InChI is InChI=1S/C30H35BrFN3O5S/c1-6-21(3)33-30(37)22(4)34(18-23-9-11-24(32)12-10-23)29(36)19-35(25-13-7-20(2)8-14-25)41(38,39)26-15-16-28(40-5)27(31)17-26/h7-17,21-22H,6,18-19H2,1-5H3,(H,33,37). The van der Waals surface area contributed by atoms with Crippen LogP contribution in [0.3, 0.4) is 0 Å². The summed E-state index contributed by atoms with van der Waals surface area (Å²) in [5.74, 6) is -0.957. The molecule has 0 spiro atoms. The Hall–Kier alpha value is -3.44. The molecule has 1 N–H and O–H groups in total. The predicted molar refractivity (Wildman–Crippen MR) is 161 cm³/mol. The fourth-order valence-corrected chi connectivity index (χ4v) is 6.14. The van der Waals surface area contributed by atoms with Crippen LogP contribution >= 0.6 is 15.9 Å². The van der Waals surface area contributed by atoms with E-state index >= 15 is 0 Å². The molecule has 8 nitrogen and oxygen atoms in total. The predicted octanol–water partition coefficient (Wildman–Crippen LogP) is 5.43. The fourth-order valence-electron chi connectivity index (χ4n) is 4.01. The van der Waals surface area contributed by atoms with Crippen molar-refractivity contribution in [1.29, 1.82) is 0 Å². The van der Waals surface area contributed by atoms with Crippen LogP contribution in [0, 0.1) is 12.7 Å².